The van der Waals surface area contributed by atoms with Crippen LogP contribution >= 0.6 is 11.6 Å². The Bertz CT molecular complexity index is 770. The van der Waals surface area contributed by atoms with Crippen molar-refractivity contribution in [3.8, 4) is 0 Å². The molecule has 3 heterocycles. The van der Waals surface area contributed by atoms with E-state index in [-0.39, 0.29) is 5.28 Å². The van der Waals surface area contributed by atoms with Gasteiger partial charge in [0.1, 0.15) is 0 Å². The van der Waals surface area contributed by atoms with Crippen LogP contribution in [0.15, 0.2) is 9.59 Å². The van der Waals surface area contributed by atoms with Gasteiger partial charge in [-0.2, -0.15) is 0 Å². The van der Waals surface area contributed by atoms with Gasteiger partial charge in [-0.15, -0.1) is 0 Å². The molecule has 0 radical (unpaired) electrons. The van der Waals surface area contributed by atoms with E-state index < -0.39 is 21.7 Å². The Morgan fingerprint density at radius 3 is 2.48 bits per heavy atom. The van der Waals surface area contributed by atoms with Gasteiger partial charge >= 0.3 is 147 Å². The molecule has 1 aliphatic heterocycles. The van der Waals surface area contributed by atoms with E-state index in [1.807, 2.05) is 6.08 Å². The summed E-state index contributed by atoms with van der Waals surface area (Å²) in [5, 5.41) is 16.2. The summed E-state index contributed by atoms with van der Waals surface area (Å²) in [4.78, 5) is 17.4. The molecule has 3 rings (SSSR count). The Kier molecular flexibility index (Phi) is 4.96. The van der Waals surface area contributed by atoms with Crippen molar-refractivity contribution < 1.29 is 5.11 Å². The fraction of sp³-hybridized carbons (Fsp3) is 0.385. The second-order valence-corrected chi connectivity index (χ2v) is 12.8. The predicted molar refractivity (Wildman–Crippen MR) is 93.4 cm³/mol. The number of nitrogens with zero attached hydrogens (tertiary/aromatic N) is 4. The number of aromatic nitrogens is 4. The van der Waals surface area contributed by atoms with Gasteiger partial charge in [-0.05, 0) is 0 Å². The molecule has 0 atom stereocenters. The molecule has 120 valence electrons. The van der Waals surface area contributed by atoms with Crippen molar-refractivity contribution in [1.29, 1.82) is 0 Å². The number of aliphatic hydroxyl groups excluding tert-OH is 1. The normalized spacial score (nSPS) is 14.6. The zero-order valence-corrected chi connectivity index (χ0v) is 16.9. The first-order chi connectivity index (χ1) is 11.1. The molecule has 0 saturated heterocycles. The van der Waals surface area contributed by atoms with Crippen LogP contribution in [0.4, 0.5) is 17.6 Å². The van der Waals surface area contributed by atoms with Gasteiger partial charge in [-0.3, -0.25) is 0 Å². The number of allylic oxidation sites excluding steroid dienone is 1. The molecule has 1 aliphatic rings. The van der Waals surface area contributed by atoms with Crippen LogP contribution in [0.25, 0.3) is 11.0 Å². The van der Waals surface area contributed by atoms with Crippen molar-refractivity contribution in [1.82, 2.24) is 19.9 Å². The number of halogens is 1. The molecule has 2 aromatic heterocycles. The minimum absolute atomic E-state index is 0.134. The third kappa shape index (κ3) is 3.40. The van der Waals surface area contributed by atoms with Crippen LogP contribution in [0.3, 0.4) is 0 Å². The van der Waals surface area contributed by atoms with E-state index in [1.165, 1.54) is 0 Å². The first-order valence-electron chi connectivity index (χ1n) is 7.38. The van der Waals surface area contributed by atoms with E-state index >= 15 is 0 Å². The summed E-state index contributed by atoms with van der Waals surface area (Å²) in [7, 11) is 3.52. The average Bonchev–Trinajstić information content (AvgIpc) is 2.56. The summed E-state index contributed by atoms with van der Waals surface area (Å²) >= 11 is 3.53. The molecule has 0 aliphatic carbocycles. The van der Waals surface area contributed by atoms with Crippen LogP contribution < -0.4 is 13.9 Å². The Hall–Kier alpha value is -1.48. The number of fused-ring (bicyclic) bond motifs is 1. The average molecular weight is 438 g/mol. The van der Waals surface area contributed by atoms with Gasteiger partial charge in [0.25, 0.3) is 0 Å². The van der Waals surface area contributed by atoms with Crippen LogP contribution in [-0.4, -0.2) is 60.9 Å². The zero-order valence-electron chi connectivity index (χ0n) is 12.9. The second kappa shape index (κ2) is 6.96. The summed E-state index contributed by atoms with van der Waals surface area (Å²) < 4.78 is 4.95. The summed E-state index contributed by atoms with van der Waals surface area (Å²) in [6, 6.07) is 0. The Labute approximate surface area is 146 Å². The monoisotopic (exact) mass is 437 g/mol. The van der Waals surface area contributed by atoms with Crippen molar-refractivity contribution in [3.05, 3.63) is 14.9 Å². The number of nitrogens with one attached hydrogen (secondary N) is 3. The van der Waals surface area contributed by atoms with Crippen LogP contribution in [0.2, 0.25) is 9.46 Å². The van der Waals surface area contributed by atoms with E-state index in [0.717, 1.165) is 17.0 Å². The Morgan fingerprint density at radius 1 is 1.09 bits per heavy atom. The summed E-state index contributed by atoms with van der Waals surface area (Å²) in [6.45, 7) is 0. The molecule has 8 nitrogen and oxygen atoms in total. The van der Waals surface area contributed by atoms with Crippen LogP contribution in [0.5, 0.6) is 0 Å². The van der Waals surface area contributed by atoms with Crippen LogP contribution in [0.1, 0.15) is 12.8 Å². The number of anilines is 3. The van der Waals surface area contributed by atoms with Gasteiger partial charge in [0.05, 0.1) is 0 Å². The fourth-order valence-electron chi connectivity index (χ4n) is 2.57. The molecule has 0 amide bonds. The summed E-state index contributed by atoms with van der Waals surface area (Å²) in [5.41, 5.74) is 1.14. The van der Waals surface area contributed by atoms with E-state index in [2.05, 4.69) is 33.9 Å². The first-order valence-corrected chi connectivity index (χ1v) is 13.4. The van der Waals surface area contributed by atoms with Crippen molar-refractivity contribution in [3.63, 3.8) is 0 Å². The molecule has 10 heteroatoms. The molecule has 0 spiro atoms. The van der Waals surface area contributed by atoms with Crippen molar-refractivity contribution in [2.24, 2.45) is 0 Å². The number of aliphatic hydroxyl groups is 1. The zero-order chi connectivity index (χ0) is 16.4. The Morgan fingerprint density at radius 2 is 1.78 bits per heavy atom. The van der Waals surface area contributed by atoms with Crippen molar-refractivity contribution >= 4 is 61.9 Å². The summed E-state index contributed by atoms with van der Waals surface area (Å²) in [5.74, 6) is 1.61. The van der Waals surface area contributed by atoms with Gasteiger partial charge in [0.15, 0.2) is 0 Å². The molecule has 0 aromatic carbocycles. The van der Waals surface area contributed by atoms with Gasteiger partial charge in [-0.25, -0.2) is 0 Å². The molecular formula is C13H17ClInN7O. The quantitative estimate of drug-likeness (QED) is 0.540. The van der Waals surface area contributed by atoms with Gasteiger partial charge in [0.2, 0.25) is 0 Å². The van der Waals surface area contributed by atoms with E-state index in [0.29, 0.717) is 32.1 Å². The third-order valence-corrected chi connectivity index (χ3v) is 11.1. The van der Waals surface area contributed by atoms with Crippen LogP contribution in [-0.2, 0) is 0 Å². The topological polar surface area (TPSA) is 108 Å². The first kappa shape index (κ1) is 16.4. The van der Waals surface area contributed by atoms with Crippen molar-refractivity contribution in [2.45, 2.75) is 17.0 Å². The molecular weight excluding hydrogens is 420 g/mol. The van der Waals surface area contributed by atoms with E-state index in [4.69, 9.17) is 11.6 Å². The van der Waals surface area contributed by atoms with Gasteiger partial charge in [-0.1, -0.05) is 0 Å². The maximum atomic E-state index is 10.1. The van der Waals surface area contributed by atoms with Gasteiger partial charge < -0.3 is 0 Å². The second-order valence-electron chi connectivity index (χ2n) is 5.19. The summed E-state index contributed by atoms with van der Waals surface area (Å²) in [6.07, 6.45) is 3.96. The van der Waals surface area contributed by atoms with Crippen molar-refractivity contribution in [2.75, 3.05) is 28.0 Å². The molecule has 0 bridgehead atoms. The predicted octanol–water partition coefficient (Wildman–Crippen LogP) is 2.33. The van der Waals surface area contributed by atoms with Gasteiger partial charge in [0, 0.05) is 0 Å². The number of rotatable bonds is 4. The molecule has 4 N–H and O–H groups in total. The fourth-order valence-corrected chi connectivity index (χ4v) is 8.80. The Balaban J connectivity index is 2.06. The molecule has 23 heavy (non-hydrogen) atoms. The number of hydrogen-bond acceptors (Lipinski definition) is 8. The van der Waals surface area contributed by atoms with E-state index in [1.54, 1.807) is 14.1 Å². The van der Waals surface area contributed by atoms with E-state index in [9.17, 15) is 5.11 Å². The molecule has 0 saturated carbocycles. The number of hydrogen-bond donors (Lipinski definition) is 4. The maximum absolute atomic E-state index is 10.1. The third-order valence-electron chi connectivity index (χ3n) is 3.70. The molecule has 2 aromatic rings. The molecule has 0 fully saturated rings. The standard InChI is InChI=1S/C8H9ClN7.C5H8O.In/c1-11-5-4-3(13-7(9)15-5)6(12-2)16-8(10)14-4;1-2-3-4-5-6;/h1-2H3,(H3-,10,11,12,13,14,15,16);4,6H,1-3H2;/q-1;;+1. The minimum atomic E-state index is -2.43. The SMILES string of the molecule is CNc1nc([NH][In]2[CH2]CCC=[C]2O)nc2c(NC)nc(Cl)nc12. The molecule has 0 unspecified atom stereocenters. The van der Waals surface area contributed by atoms with Crippen LogP contribution in [0, 0.1) is 0 Å².